The molecule has 18 heavy (non-hydrogen) atoms. The minimum Gasteiger partial charge on any atom is -0.358 e. The molecular weight excluding hydrogens is 262 g/mol. The zero-order valence-corrected chi connectivity index (χ0v) is 9.93. The first-order valence-electron chi connectivity index (χ1n) is 4.72. The van der Waals surface area contributed by atoms with Gasteiger partial charge >= 0.3 is 10.5 Å². The molecule has 2 aromatic rings. The highest BCUT2D eigenvalue weighted by Crippen LogP contribution is 2.19. The van der Waals surface area contributed by atoms with E-state index < -0.39 is 10.5 Å². The molecule has 0 aliphatic carbocycles. The van der Waals surface area contributed by atoms with E-state index in [1.54, 1.807) is 6.92 Å². The zero-order valence-electron chi connectivity index (χ0n) is 9.11. The van der Waals surface area contributed by atoms with Gasteiger partial charge in [0.05, 0.1) is 0 Å². The van der Waals surface area contributed by atoms with Crippen LogP contribution in [0.1, 0.15) is 5.82 Å². The van der Waals surface area contributed by atoms with Gasteiger partial charge in [0.2, 0.25) is 5.82 Å². The predicted molar refractivity (Wildman–Crippen MR) is 58.5 cm³/mol. The van der Waals surface area contributed by atoms with Gasteiger partial charge in [-0.3, -0.25) is 0 Å². The van der Waals surface area contributed by atoms with E-state index in [4.69, 9.17) is 0 Å². The molecule has 1 heterocycles. The topological polar surface area (TPSA) is 94.9 Å². The van der Waals surface area contributed by atoms with Gasteiger partial charge in [-0.25, -0.2) is 0 Å². The zero-order chi connectivity index (χ0) is 13.2. The van der Waals surface area contributed by atoms with Gasteiger partial charge in [-0.15, -0.1) is 20.4 Å². The molecule has 0 bridgehead atoms. The highest BCUT2D eigenvalue weighted by Gasteiger charge is 2.10. The van der Waals surface area contributed by atoms with E-state index >= 15 is 0 Å². The van der Waals surface area contributed by atoms with E-state index in [0.29, 0.717) is 11.4 Å². The van der Waals surface area contributed by atoms with Crippen LogP contribution in [0.5, 0.6) is 5.75 Å². The van der Waals surface area contributed by atoms with Crippen molar-refractivity contribution in [2.75, 3.05) is 0 Å². The summed E-state index contributed by atoms with van der Waals surface area (Å²) in [6.07, 6.45) is 0. The van der Waals surface area contributed by atoms with Gasteiger partial charge in [0.25, 0.3) is 0 Å². The Balaban J connectivity index is 2.25. The van der Waals surface area contributed by atoms with Crippen molar-refractivity contribution in [3.05, 3.63) is 30.1 Å². The Bertz CT molecular complexity index is 643. The molecule has 7 nitrogen and oxygen atoms in total. The van der Waals surface area contributed by atoms with Crippen molar-refractivity contribution in [2.45, 2.75) is 6.92 Å². The first kappa shape index (κ1) is 12.3. The third-order valence-electron chi connectivity index (χ3n) is 1.89. The Morgan fingerprint density at radius 1 is 1.06 bits per heavy atom. The number of aromatic nitrogens is 4. The minimum absolute atomic E-state index is 0.144. The van der Waals surface area contributed by atoms with Gasteiger partial charge in [-0.05, 0) is 31.2 Å². The quantitative estimate of drug-likeness (QED) is 0.761. The van der Waals surface area contributed by atoms with Gasteiger partial charge < -0.3 is 4.18 Å². The first-order valence-corrected chi connectivity index (χ1v) is 6.03. The SMILES string of the molecule is Cc1nnc(-c2ccc(OS(=O)(=O)[18F])cc2)nn1. The number of rotatable bonds is 3. The highest BCUT2D eigenvalue weighted by molar-refractivity contribution is 7.81. The van der Waals surface area contributed by atoms with Gasteiger partial charge in [-0.2, -0.15) is 8.42 Å². The molecule has 0 aliphatic heterocycles. The summed E-state index contributed by atoms with van der Waals surface area (Å²) in [6, 6.07) is 5.48. The molecule has 2 rings (SSSR count). The Hall–Kier alpha value is -2.16. The molecule has 0 saturated heterocycles. The first-order chi connectivity index (χ1) is 8.44. The second-order valence-electron chi connectivity index (χ2n) is 3.27. The van der Waals surface area contributed by atoms with E-state index in [9.17, 15) is 12.3 Å². The average molecular weight is 269 g/mol. The van der Waals surface area contributed by atoms with Crippen molar-refractivity contribution in [1.29, 1.82) is 0 Å². The molecule has 9 heteroatoms. The van der Waals surface area contributed by atoms with Crippen LogP contribution >= 0.6 is 0 Å². The largest absolute Gasteiger partial charge is 0.488 e. The third-order valence-corrected chi connectivity index (χ3v) is 2.28. The summed E-state index contributed by atoms with van der Waals surface area (Å²) >= 11 is 0. The van der Waals surface area contributed by atoms with E-state index in [0.717, 1.165) is 0 Å². The molecule has 0 atom stereocenters. The fourth-order valence-corrected chi connectivity index (χ4v) is 1.51. The lowest BCUT2D eigenvalue weighted by molar-refractivity contribution is 0.440. The Morgan fingerprint density at radius 3 is 2.11 bits per heavy atom. The normalized spacial score (nSPS) is 11.2. The van der Waals surface area contributed by atoms with Crippen molar-refractivity contribution in [3.8, 4) is 17.1 Å². The molecule has 1 aromatic carbocycles. The van der Waals surface area contributed by atoms with Crippen molar-refractivity contribution in [1.82, 2.24) is 20.4 Å². The van der Waals surface area contributed by atoms with Crippen molar-refractivity contribution in [3.63, 3.8) is 0 Å². The molecule has 0 N–H and O–H groups in total. The molecule has 0 unspecified atom stereocenters. The lowest BCUT2D eigenvalue weighted by Crippen LogP contribution is -2.01. The maximum absolute atomic E-state index is 12.2. The second-order valence-corrected chi connectivity index (χ2v) is 4.22. The fraction of sp³-hybridized carbons (Fsp3) is 0.111. The molecule has 0 fully saturated rings. The summed E-state index contributed by atoms with van der Waals surface area (Å²) in [6.45, 7) is 1.65. The molecule has 0 amide bonds. The predicted octanol–water partition coefficient (Wildman–Crippen LogP) is 0.835. The minimum atomic E-state index is -5.02. The summed E-state index contributed by atoms with van der Waals surface area (Å²) < 4.78 is 36.8. The lowest BCUT2D eigenvalue weighted by Gasteiger charge is -2.01. The van der Waals surface area contributed by atoms with Crippen molar-refractivity contribution >= 4 is 10.5 Å². The summed E-state index contributed by atoms with van der Waals surface area (Å²) in [5.41, 5.74) is 0.554. The Kier molecular flexibility index (Phi) is 3.15. The van der Waals surface area contributed by atoms with E-state index in [-0.39, 0.29) is 11.6 Å². The molecule has 0 spiro atoms. The number of hydrogen-bond donors (Lipinski definition) is 0. The highest BCUT2D eigenvalue weighted by atomic mass is 32.3. The monoisotopic (exact) mass is 269 g/mol. The van der Waals surface area contributed by atoms with E-state index in [2.05, 4.69) is 24.6 Å². The number of hydrogen-bond acceptors (Lipinski definition) is 7. The summed E-state index contributed by atoms with van der Waals surface area (Å²) in [5.74, 6) is 0.562. The van der Waals surface area contributed by atoms with Crippen LogP contribution in [0, 0.1) is 6.92 Å². The van der Waals surface area contributed by atoms with Gasteiger partial charge in [0.1, 0.15) is 5.75 Å². The number of benzene rings is 1. The lowest BCUT2D eigenvalue weighted by atomic mass is 10.2. The van der Waals surface area contributed by atoms with Crippen molar-refractivity contribution in [2.24, 2.45) is 0 Å². The standard InChI is InChI=1S/C9H7FN4O3S/c1-6-11-13-9(14-12-6)7-2-4-8(5-3-7)17-18(10,15)16/h2-5H,1H3/i10-1. The summed E-state index contributed by atoms with van der Waals surface area (Å²) in [4.78, 5) is 0. The van der Waals surface area contributed by atoms with Gasteiger partial charge in [0, 0.05) is 5.56 Å². The molecule has 0 radical (unpaired) electrons. The van der Waals surface area contributed by atoms with Crippen LogP contribution in [0.15, 0.2) is 24.3 Å². The van der Waals surface area contributed by atoms with Crippen molar-refractivity contribution < 1.29 is 16.5 Å². The average Bonchev–Trinajstić information content (AvgIpc) is 2.29. The smallest absolute Gasteiger partial charge is 0.358 e. The maximum atomic E-state index is 12.2. The van der Waals surface area contributed by atoms with E-state index in [1.807, 2.05) is 0 Å². The third kappa shape index (κ3) is 3.17. The molecule has 0 aliphatic rings. The van der Waals surface area contributed by atoms with Crippen LogP contribution in [0.2, 0.25) is 0 Å². The number of halogens is 1. The fourth-order valence-electron chi connectivity index (χ4n) is 1.17. The Labute approximate surface area is 102 Å². The van der Waals surface area contributed by atoms with E-state index in [1.165, 1.54) is 24.3 Å². The van der Waals surface area contributed by atoms with Crippen LogP contribution in [0.4, 0.5) is 3.89 Å². The van der Waals surface area contributed by atoms with Gasteiger partial charge in [-0.1, -0.05) is 3.89 Å². The molecule has 1 aromatic heterocycles. The van der Waals surface area contributed by atoms with Gasteiger partial charge in [0.15, 0.2) is 5.82 Å². The number of aryl methyl sites for hydroxylation is 1. The second kappa shape index (κ2) is 4.61. The molecular formula is C9H7FN4O3S. The molecule has 94 valence electrons. The van der Waals surface area contributed by atoms with Crippen LogP contribution < -0.4 is 4.18 Å². The maximum Gasteiger partial charge on any atom is 0.488 e. The van der Waals surface area contributed by atoms with Crippen LogP contribution in [-0.2, 0) is 10.5 Å². The van der Waals surface area contributed by atoms with Crippen LogP contribution in [0.25, 0.3) is 11.4 Å². The summed E-state index contributed by atoms with van der Waals surface area (Å²) in [5, 5.41) is 15.0. The molecule has 0 saturated carbocycles. The Morgan fingerprint density at radius 2 is 1.61 bits per heavy atom. The van der Waals surface area contributed by atoms with Crippen LogP contribution in [-0.4, -0.2) is 28.8 Å². The number of nitrogens with zero attached hydrogens (tertiary/aromatic N) is 4. The van der Waals surface area contributed by atoms with Crippen LogP contribution in [0.3, 0.4) is 0 Å². The summed E-state index contributed by atoms with van der Waals surface area (Å²) in [7, 11) is -5.02.